The average molecular weight is 242 g/mol. The van der Waals surface area contributed by atoms with E-state index in [1.807, 2.05) is 11.4 Å². The Morgan fingerprint density at radius 3 is 3.06 bits per heavy atom. The molecule has 0 unspecified atom stereocenters. The maximum Gasteiger partial charge on any atom is 0.275 e. The van der Waals surface area contributed by atoms with Gasteiger partial charge in [-0.05, 0) is 17.9 Å². The molecular weight excluding hydrogens is 224 g/mol. The molecule has 1 amide bonds. The molecule has 0 aromatic carbocycles. The zero-order valence-corrected chi connectivity index (χ0v) is 10.3. The highest BCUT2D eigenvalue weighted by molar-refractivity contribution is 7.12. The van der Waals surface area contributed by atoms with Gasteiger partial charge in [0.25, 0.3) is 5.91 Å². The minimum absolute atomic E-state index is 0.248. The highest BCUT2D eigenvalue weighted by atomic mass is 32.1. The standard InChI is InChI=1S/C11H18N2O2S/c1-2-3-4-6-15-8-9-5-7-16-10(9)11(14)13-12/h5,7H,2-4,6,8,12H2,1H3,(H,13,14). The fourth-order valence-corrected chi connectivity index (χ4v) is 2.16. The summed E-state index contributed by atoms with van der Waals surface area (Å²) in [6.45, 7) is 3.38. The molecule has 5 heteroatoms. The third kappa shape index (κ3) is 3.92. The largest absolute Gasteiger partial charge is 0.377 e. The second-order valence-corrected chi connectivity index (χ2v) is 4.42. The molecule has 1 aromatic rings. The molecule has 3 N–H and O–H groups in total. The van der Waals surface area contributed by atoms with E-state index in [-0.39, 0.29) is 5.91 Å². The monoisotopic (exact) mass is 242 g/mol. The van der Waals surface area contributed by atoms with E-state index >= 15 is 0 Å². The van der Waals surface area contributed by atoms with Crippen LogP contribution in [0.5, 0.6) is 0 Å². The lowest BCUT2D eigenvalue weighted by Crippen LogP contribution is -2.30. The second-order valence-electron chi connectivity index (χ2n) is 3.51. The summed E-state index contributed by atoms with van der Waals surface area (Å²) in [6, 6.07) is 1.90. The number of hydrazine groups is 1. The van der Waals surface area contributed by atoms with Gasteiger partial charge in [0.2, 0.25) is 0 Å². The van der Waals surface area contributed by atoms with Crippen LogP contribution in [0.2, 0.25) is 0 Å². The first kappa shape index (κ1) is 13.2. The van der Waals surface area contributed by atoms with Crippen molar-refractivity contribution in [3.8, 4) is 0 Å². The first-order chi connectivity index (χ1) is 7.79. The van der Waals surface area contributed by atoms with E-state index in [0.29, 0.717) is 11.5 Å². The van der Waals surface area contributed by atoms with Gasteiger partial charge in [-0.3, -0.25) is 10.2 Å². The van der Waals surface area contributed by atoms with Gasteiger partial charge in [-0.2, -0.15) is 0 Å². The lowest BCUT2D eigenvalue weighted by molar-refractivity contribution is 0.0943. The normalized spacial score (nSPS) is 10.4. The van der Waals surface area contributed by atoms with Crippen LogP contribution >= 0.6 is 11.3 Å². The van der Waals surface area contributed by atoms with Crippen LogP contribution in [0.1, 0.15) is 41.4 Å². The van der Waals surface area contributed by atoms with Gasteiger partial charge < -0.3 is 4.74 Å². The minimum atomic E-state index is -0.248. The van der Waals surface area contributed by atoms with Crippen molar-refractivity contribution >= 4 is 17.2 Å². The summed E-state index contributed by atoms with van der Waals surface area (Å²) in [7, 11) is 0. The van der Waals surface area contributed by atoms with Crippen LogP contribution in [0.25, 0.3) is 0 Å². The van der Waals surface area contributed by atoms with Crippen LogP contribution in [0, 0.1) is 0 Å². The lowest BCUT2D eigenvalue weighted by Gasteiger charge is -2.04. The predicted octanol–water partition coefficient (Wildman–Crippen LogP) is 2.06. The number of carbonyl (C=O) groups is 1. The van der Waals surface area contributed by atoms with E-state index < -0.39 is 0 Å². The number of hydrogen-bond donors (Lipinski definition) is 2. The van der Waals surface area contributed by atoms with Gasteiger partial charge in [-0.15, -0.1) is 11.3 Å². The molecule has 90 valence electrons. The Morgan fingerprint density at radius 1 is 1.56 bits per heavy atom. The SMILES string of the molecule is CCCCCOCc1ccsc1C(=O)NN. The van der Waals surface area contributed by atoms with E-state index in [2.05, 4.69) is 12.3 Å². The molecule has 0 saturated heterocycles. The number of rotatable bonds is 7. The molecule has 4 nitrogen and oxygen atoms in total. The molecule has 0 saturated carbocycles. The quantitative estimate of drug-likeness (QED) is 0.333. The Morgan fingerprint density at radius 2 is 2.38 bits per heavy atom. The van der Waals surface area contributed by atoms with Crippen molar-refractivity contribution in [1.82, 2.24) is 5.43 Å². The third-order valence-corrected chi connectivity index (χ3v) is 3.19. The Kier molecular flexibility index (Phi) is 6.07. The van der Waals surface area contributed by atoms with E-state index in [1.54, 1.807) is 0 Å². The van der Waals surface area contributed by atoms with Crippen molar-refractivity contribution < 1.29 is 9.53 Å². The summed E-state index contributed by atoms with van der Waals surface area (Å²) in [6.07, 6.45) is 3.43. The number of carbonyl (C=O) groups excluding carboxylic acids is 1. The molecule has 1 rings (SSSR count). The van der Waals surface area contributed by atoms with E-state index in [9.17, 15) is 4.79 Å². The molecule has 1 heterocycles. The second kappa shape index (κ2) is 7.38. The number of ether oxygens (including phenoxy) is 1. The number of hydrogen-bond acceptors (Lipinski definition) is 4. The van der Waals surface area contributed by atoms with Gasteiger partial charge >= 0.3 is 0 Å². The number of thiophene rings is 1. The number of amides is 1. The molecule has 0 aliphatic carbocycles. The van der Waals surface area contributed by atoms with Gasteiger partial charge in [-0.1, -0.05) is 19.8 Å². The fraction of sp³-hybridized carbons (Fsp3) is 0.545. The summed E-state index contributed by atoms with van der Waals surface area (Å²) < 4.78 is 5.50. The molecule has 1 aromatic heterocycles. The zero-order valence-electron chi connectivity index (χ0n) is 9.49. The van der Waals surface area contributed by atoms with Crippen molar-refractivity contribution in [3.05, 3.63) is 21.9 Å². The highest BCUT2D eigenvalue weighted by Crippen LogP contribution is 2.17. The Bertz CT molecular complexity index is 326. The van der Waals surface area contributed by atoms with Crippen LogP contribution in [0.4, 0.5) is 0 Å². The van der Waals surface area contributed by atoms with Gasteiger partial charge in [-0.25, -0.2) is 5.84 Å². The van der Waals surface area contributed by atoms with Gasteiger partial charge in [0.15, 0.2) is 0 Å². The number of nitrogens with one attached hydrogen (secondary N) is 1. The number of nitrogen functional groups attached to an aromatic ring is 1. The van der Waals surface area contributed by atoms with E-state index in [1.165, 1.54) is 24.2 Å². The van der Waals surface area contributed by atoms with Crippen LogP contribution < -0.4 is 11.3 Å². The molecule has 0 radical (unpaired) electrons. The summed E-state index contributed by atoms with van der Waals surface area (Å²) in [5, 5.41) is 1.87. The van der Waals surface area contributed by atoms with Gasteiger partial charge in [0, 0.05) is 12.2 Å². The zero-order chi connectivity index (χ0) is 11.8. The summed E-state index contributed by atoms with van der Waals surface area (Å²) in [5.41, 5.74) is 3.04. The minimum Gasteiger partial charge on any atom is -0.377 e. The number of nitrogens with two attached hydrogens (primary N) is 1. The molecular formula is C11H18N2O2S. The molecule has 0 spiro atoms. The lowest BCUT2D eigenvalue weighted by atomic mass is 10.2. The van der Waals surface area contributed by atoms with Crippen molar-refractivity contribution in [2.24, 2.45) is 5.84 Å². The molecule has 0 fully saturated rings. The van der Waals surface area contributed by atoms with E-state index in [4.69, 9.17) is 10.6 Å². The van der Waals surface area contributed by atoms with Crippen molar-refractivity contribution in [1.29, 1.82) is 0 Å². The molecule has 16 heavy (non-hydrogen) atoms. The molecule has 0 aliphatic heterocycles. The van der Waals surface area contributed by atoms with Crippen LogP contribution in [-0.4, -0.2) is 12.5 Å². The first-order valence-electron chi connectivity index (χ1n) is 5.44. The highest BCUT2D eigenvalue weighted by Gasteiger charge is 2.11. The topological polar surface area (TPSA) is 64.3 Å². The Labute approximate surface area is 99.8 Å². The van der Waals surface area contributed by atoms with Crippen LogP contribution in [0.15, 0.2) is 11.4 Å². The van der Waals surface area contributed by atoms with Crippen LogP contribution in [0.3, 0.4) is 0 Å². The van der Waals surface area contributed by atoms with Gasteiger partial charge in [0.05, 0.1) is 11.5 Å². The van der Waals surface area contributed by atoms with Crippen LogP contribution in [-0.2, 0) is 11.3 Å². The summed E-state index contributed by atoms with van der Waals surface area (Å²) in [4.78, 5) is 12.0. The molecule has 0 atom stereocenters. The maximum absolute atomic E-state index is 11.3. The third-order valence-electron chi connectivity index (χ3n) is 2.23. The first-order valence-corrected chi connectivity index (χ1v) is 6.32. The van der Waals surface area contributed by atoms with Gasteiger partial charge in [0.1, 0.15) is 0 Å². The summed E-state index contributed by atoms with van der Waals surface area (Å²) >= 11 is 1.38. The summed E-state index contributed by atoms with van der Waals surface area (Å²) in [5.74, 6) is 4.84. The Hall–Kier alpha value is -0.910. The fourth-order valence-electron chi connectivity index (χ4n) is 1.35. The predicted molar refractivity (Wildman–Crippen MR) is 65.2 cm³/mol. The smallest absolute Gasteiger partial charge is 0.275 e. The average Bonchev–Trinajstić information content (AvgIpc) is 2.76. The molecule has 0 aliphatic rings. The van der Waals surface area contributed by atoms with E-state index in [0.717, 1.165) is 18.6 Å². The number of unbranched alkanes of at least 4 members (excludes halogenated alkanes) is 2. The Balaban J connectivity index is 2.36. The molecule has 0 bridgehead atoms. The van der Waals surface area contributed by atoms with Crippen molar-refractivity contribution in [2.45, 2.75) is 32.8 Å². The van der Waals surface area contributed by atoms with Crippen molar-refractivity contribution in [3.63, 3.8) is 0 Å². The maximum atomic E-state index is 11.3. The van der Waals surface area contributed by atoms with Crippen molar-refractivity contribution in [2.75, 3.05) is 6.61 Å².